The lowest BCUT2D eigenvalue weighted by Crippen LogP contribution is -2.32. The number of sulfonamides is 1. The molecule has 0 aliphatic carbocycles. The number of hydrogen-bond donors (Lipinski definition) is 2. The van der Waals surface area contributed by atoms with Gasteiger partial charge in [0.05, 0.1) is 22.2 Å². The number of nitrogens with zero attached hydrogens (tertiary/aromatic N) is 1. The van der Waals surface area contributed by atoms with Crippen molar-refractivity contribution in [2.75, 3.05) is 0 Å². The molecule has 0 aromatic heterocycles. The maximum Gasteiger partial charge on any atom is 0.242 e. The number of rotatable bonds is 8. The molecule has 0 bridgehead atoms. The van der Waals surface area contributed by atoms with Gasteiger partial charge in [0.2, 0.25) is 15.9 Å². The van der Waals surface area contributed by atoms with Gasteiger partial charge in [-0.15, -0.1) is 0 Å². The Balaban J connectivity index is 1.74. The van der Waals surface area contributed by atoms with E-state index in [4.69, 9.17) is 23.2 Å². The number of carbonyl (C=O) groups excluding carboxylic acids is 1. The summed E-state index contributed by atoms with van der Waals surface area (Å²) < 4.78 is 28.4. The molecular weight excluding hydrogens is 469 g/mol. The molecule has 0 unspecified atom stereocenters. The van der Waals surface area contributed by atoms with Crippen molar-refractivity contribution in [1.29, 1.82) is 0 Å². The second kappa shape index (κ2) is 10.7. The number of carbonyl (C=O) groups is 1. The molecule has 6 nitrogen and oxygen atoms in total. The smallest absolute Gasteiger partial charge is 0.242 e. The van der Waals surface area contributed by atoms with Crippen molar-refractivity contribution < 1.29 is 13.2 Å². The molecule has 0 heterocycles. The van der Waals surface area contributed by atoms with Crippen molar-refractivity contribution in [2.45, 2.75) is 24.3 Å². The maximum absolute atomic E-state index is 12.9. The normalized spacial score (nSPS) is 12.6. The average Bonchev–Trinajstić information content (AvgIpc) is 2.75. The van der Waals surface area contributed by atoms with Crippen molar-refractivity contribution in [3.63, 3.8) is 0 Å². The molecule has 3 aromatic rings. The van der Waals surface area contributed by atoms with E-state index >= 15 is 0 Å². The summed E-state index contributed by atoms with van der Waals surface area (Å²) in [6.45, 7) is 1.87. The van der Waals surface area contributed by atoms with Crippen molar-refractivity contribution in [1.82, 2.24) is 10.1 Å². The molecule has 9 heteroatoms. The Bertz CT molecular complexity index is 1210. The number of benzene rings is 3. The summed E-state index contributed by atoms with van der Waals surface area (Å²) in [5.74, 6) is -0.466. The van der Waals surface area contributed by atoms with E-state index in [0.717, 1.165) is 5.56 Å². The molecule has 0 aliphatic rings. The predicted molar refractivity (Wildman–Crippen MR) is 127 cm³/mol. The first kappa shape index (κ1) is 23.9. The van der Waals surface area contributed by atoms with E-state index < -0.39 is 22.0 Å². The van der Waals surface area contributed by atoms with Gasteiger partial charge in [0, 0.05) is 17.0 Å². The highest BCUT2D eigenvalue weighted by atomic mass is 35.5. The van der Waals surface area contributed by atoms with E-state index in [1.165, 1.54) is 18.3 Å². The predicted octanol–water partition coefficient (Wildman–Crippen LogP) is 4.86. The number of nitrogens with one attached hydrogen (secondary N) is 2. The van der Waals surface area contributed by atoms with Gasteiger partial charge < -0.3 is 0 Å². The van der Waals surface area contributed by atoms with Crippen molar-refractivity contribution >= 4 is 45.3 Å². The molecule has 32 heavy (non-hydrogen) atoms. The van der Waals surface area contributed by atoms with Crippen LogP contribution in [0, 0.1) is 6.92 Å². The first-order valence-electron chi connectivity index (χ1n) is 9.65. The minimum absolute atomic E-state index is 0.125. The molecular formula is C23H21Cl2N3O3S. The Kier molecular flexibility index (Phi) is 8.04. The van der Waals surface area contributed by atoms with Crippen LogP contribution < -0.4 is 10.1 Å². The second-order valence-electron chi connectivity index (χ2n) is 7.06. The summed E-state index contributed by atoms with van der Waals surface area (Å²) in [5, 5.41) is 4.79. The van der Waals surface area contributed by atoms with E-state index in [2.05, 4.69) is 15.2 Å². The number of amides is 1. The van der Waals surface area contributed by atoms with Gasteiger partial charge in [0.1, 0.15) is 0 Å². The largest absolute Gasteiger partial charge is 0.273 e. The Hall–Kier alpha value is -2.71. The molecule has 1 amide bonds. The van der Waals surface area contributed by atoms with Crippen molar-refractivity contribution in [2.24, 2.45) is 5.10 Å². The van der Waals surface area contributed by atoms with Gasteiger partial charge in [-0.1, -0.05) is 77.3 Å². The van der Waals surface area contributed by atoms with Gasteiger partial charge in [-0.05, 0) is 36.8 Å². The topological polar surface area (TPSA) is 87.6 Å². The summed E-state index contributed by atoms with van der Waals surface area (Å²) in [4.78, 5) is 12.6. The van der Waals surface area contributed by atoms with Gasteiger partial charge >= 0.3 is 0 Å². The molecule has 3 aromatic carbocycles. The second-order valence-corrected chi connectivity index (χ2v) is 9.62. The standard InChI is InChI=1S/C23H21Cl2N3O3S/c1-16-7-11-20(12-8-16)32(30,31)28-22(17-5-3-2-4-6-17)14-23(29)27-26-15-18-9-10-19(24)13-21(18)25/h2-13,15,22,28H,14H2,1H3,(H,27,29)/b26-15-/t22-/m0/s1. The zero-order chi connectivity index (χ0) is 23.1. The number of aryl methyl sites for hydroxylation is 1. The van der Waals surface area contributed by atoms with Crippen LogP contribution in [0.15, 0.2) is 82.8 Å². The van der Waals surface area contributed by atoms with Gasteiger partial charge in [0.25, 0.3) is 0 Å². The van der Waals surface area contributed by atoms with Gasteiger partial charge in [-0.3, -0.25) is 4.79 Å². The van der Waals surface area contributed by atoms with Gasteiger partial charge in [-0.25, -0.2) is 18.6 Å². The van der Waals surface area contributed by atoms with Crippen LogP contribution in [-0.2, 0) is 14.8 Å². The number of hydrogen-bond acceptors (Lipinski definition) is 4. The fourth-order valence-electron chi connectivity index (χ4n) is 2.90. The number of hydrazone groups is 1. The SMILES string of the molecule is Cc1ccc(S(=O)(=O)N[C@@H](CC(=O)N/N=C\c2ccc(Cl)cc2Cl)c2ccccc2)cc1. The molecule has 0 fully saturated rings. The summed E-state index contributed by atoms with van der Waals surface area (Å²) in [6.07, 6.45) is 1.24. The lowest BCUT2D eigenvalue weighted by atomic mass is 10.0. The Morgan fingerprint density at radius 1 is 1.03 bits per heavy atom. The minimum atomic E-state index is -3.84. The molecule has 2 N–H and O–H groups in total. The highest BCUT2D eigenvalue weighted by molar-refractivity contribution is 7.89. The fraction of sp³-hybridized carbons (Fsp3) is 0.130. The lowest BCUT2D eigenvalue weighted by molar-refractivity contribution is -0.121. The van der Waals surface area contributed by atoms with Crippen LogP contribution in [0.1, 0.15) is 29.2 Å². The van der Waals surface area contributed by atoms with Crippen LogP contribution in [0.3, 0.4) is 0 Å². The Labute approximate surface area is 197 Å². The molecule has 1 atom stereocenters. The molecule has 0 aliphatic heterocycles. The van der Waals surface area contributed by atoms with E-state index in [9.17, 15) is 13.2 Å². The lowest BCUT2D eigenvalue weighted by Gasteiger charge is -2.18. The zero-order valence-corrected chi connectivity index (χ0v) is 19.5. The van der Waals surface area contributed by atoms with E-state index in [1.807, 2.05) is 13.0 Å². The highest BCUT2D eigenvalue weighted by Gasteiger charge is 2.23. The quantitative estimate of drug-likeness (QED) is 0.349. The molecule has 0 spiro atoms. The fourth-order valence-corrected chi connectivity index (χ4v) is 4.58. The van der Waals surface area contributed by atoms with Gasteiger partial charge in [0.15, 0.2) is 0 Å². The van der Waals surface area contributed by atoms with Gasteiger partial charge in [-0.2, -0.15) is 5.10 Å². The van der Waals surface area contributed by atoms with Crippen LogP contribution in [0.5, 0.6) is 0 Å². The summed E-state index contributed by atoms with van der Waals surface area (Å²) >= 11 is 12.0. The third-order valence-corrected chi connectivity index (χ3v) is 6.63. The van der Waals surface area contributed by atoms with E-state index in [-0.39, 0.29) is 11.3 Å². The third-order valence-electron chi connectivity index (χ3n) is 4.58. The van der Waals surface area contributed by atoms with Crippen LogP contribution >= 0.6 is 23.2 Å². The van der Waals surface area contributed by atoms with Crippen LogP contribution in [0.4, 0.5) is 0 Å². The van der Waals surface area contributed by atoms with Crippen molar-refractivity contribution in [3.8, 4) is 0 Å². The monoisotopic (exact) mass is 489 g/mol. The summed E-state index contributed by atoms with van der Waals surface area (Å²) in [7, 11) is -3.84. The zero-order valence-electron chi connectivity index (χ0n) is 17.1. The summed E-state index contributed by atoms with van der Waals surface area (Å²) in [6, 6.07) is 19.5. The molecule has 0 saturated carbocycles. The summed E-state index contributed by atoms with van der Waals surface area (Å²) in [5.41, 5.74) is 4.59. The molecule has 0 saturated heterocycles. The molecule has 0 radical (unpaired) electrons. The van der Waals surface area contributed by atoms with Crippen molar-refractivity contribution in [3.05, 3.63) is 99.5 Å². The third kappa shape index (κ3) is 6.64. The van der Waals surface area contributed by atoms with Crippen LogP contribution in [0.2, 0.25) is 10.0 Å². The van der Waals surface area contributed by atoms with E-state index in [1.54, 1.807) is 54.6 Å². The van der Waals surface area contributed by atoms with E-state index in [0.29, 0.717) is 21.2 Å². The minimum Gasteiger partial charge on any atom is -0.273 e. The first-order chi connectivity index (χ1) is 15.2. The maximum atomic E-state index is 12.9. The Morgan fingerprint density at radius 3 is 2.38 bits per heavy atom. The molecule has 166 valence electrons. The van der Waals surface area contributed by atoms with Crippen LogP contribution in [-0.4, -0.2) is 20.5 Å². The number of halogens is 2. The molecule has 3 rings (SSSR count). The Morgan fingerprint density at radius 2 is 1.72 bits per heavy atom. The average molecular weight is 490 g/mol. The first-order valence-corrected chi connectivity index (χ1v) is 11.9. The van der Waals surface area contributed by atoms with Crippen LogP contribution in [0.25, 0.3) is 0 Å². The highest BCUT2D eigenvalue weighted by Crippen LogP contribution is 2.21.